The first-order valence-electron chi connectivity index (χ1n) is 7.08. The van der Waals surface area contributed by atoms with Crippen molar-refractivity contribution in [3.05, 3.63) is 65.2 Å². The minimum absolute atomic E-state index is 0.253. The molecule has 0 aliphatic carbocycles. The fourth-order valence-corrected chi connectivity index (χ4v) is 1.83. The number of amides is 2. The molecule has 5 N–H and O–H groups in total. The number of hydroxylamine groups is 1. The molecule has 0 aliphatic rings. The zero-order chi connectivity index (χ0) is 18.2. The summed E-state index contributed by atoms with van der Waals surface area (Å²) in [7, 11) is 0. The van der Waals surface area contributed by atoms with Gasteiger partial charge in [-0.25, -0.2) is 10.9 Å². The molecule has 0 spiro atoms. The van der Waals surface area contributed by atoms with Crippen LogP contribution < -0.4 is 10.9 Å². The number of carbonyl (C=O) groups is 2. The van der Waals surface area contributed by atoms with Gasteiger partial charge in [-0.1, -0.05) is 18.2 Å². The van der Waals surface area contributed by atoms with Crippen LogP contribution in [-0.2, 0) is 4.79 Å². The molecule has 0 saturated carbocycles. The van der Waals surface area contributed by atoms with Gasteiger partial charge in [0.1, 0.15) is 0 Å². The number of hydrogen-bond acceptors (Lipinski definition) is 6. The number of aromatic hydroxyl groups is 2. The number of hydrogen-bond donors (Lipinski definition) is 5. The summed E-state index contributed by atoms with van der Waals surface area (Å²) in [5, 5.41) is 31.1. The van der Waals surface area contributed by atoms with Gasteiger partial charge in [-0.3, -0.25) is 14.8 Å². The van der Waals surface area contributed by atoms with Gasteiger partial charge in [0, 0.05) is 17.2 Å². The van der Waals surface area contributed by atoms with E-state index in [9.17, 15) is 19.8 Å². The highest BCUT2D eigenvalue weighted by atomic mass is 16.5. The maximum atomic E-state index is 12.0. The molecule has 8 nitrogen and oxygen atoms in total. The van der Waals surface area contributed by atoms with Crippen LogP contribution in [0.5, 0.6) is 11.5 Å². The van der Waals surface area contributed by atoms with E-state index in [1.54, 1.807) is 12.1 Å². The maximum Gasteiger partial charge on any atom is 0.271 e. The van der Waals surface area contributed by atoms with Crippen LogP contribution in [0.2, 0.25) is 0 Å². The molecule has 8 heteroatoms. The number of phenols is 2. The van der Waals surface area contributed by atoms with E-state index in [0.29, 0.717) is 11.1 Å². The van der Waals surface area contributed by atoms with Gasteiger partial charge in [-0.2, -0.15) is 5.10 Å². The molecule has 2 aromatic rings. The zero-order valence-corrected chi connectivity index (χ0v) is 12.9. The van der Waals surface area contributed by atoms with Gasteiger partial charge in [-0.05, 0) is 35.9 Å². The number of nitrogens with one attached hydrogen (secondary N) is 2. The first-order valence-corrected chi connectivity index (χ1v) is 7.08. The lowest BCUT2D eigenvalue weighted by Crippen LogP contribution is -2.17. The van der Waals surface area contributed by atoms with Gasteiger partial charge in [0.25, 0.3) is 11.8 Å². The largest absolute Gasteiger partial charge is 0.504 e. The Morgan fingerprint density at radius 1 is 1.04 bits per heavy atom. The number of phenolic OH excluding ortho intramolecular Hbond substituents is 2. The van der Waals surface area contributed by atoms with Crippen molar-refractivity contribution in [2.24, 2.45) is 5.10 Å². The monoisotopic (exact) mass is 341 g/mol. The second-order valence-electron chi connectivity index (χ2n) is 4.85. The molecule has 128 valence electrons. The van der Waals surface area contributed by atoms with Crippen LogP contribution in [0.3, 0.4) is 0 Å². The number of carbonyl (C=O) groups excluding carboxylic acids is 2. The van der Waals surface area contributed by atoms with Gasteiger partial charge in [-0.15, -0.1) is 0 Å². The third kappa shape index (κ3) is 4.91. The van der Waals surface area contributed by atoms with Gasteiger partial charge < -0.3 is 10.2 Å². The van der Waals surface area contributed by atoms with Crippen molar-refractivity contribution in [1.82, 2.24) is 10.9 Å². The number of benzene rings is 2. The highest BCUT2D eigenvalue weighted by Gasteiger charge is 2.05. The molecule has 0 atom stereocenters. The Morgan fingerprint density at radius 3 is 2.44 bits per heavy atom. The van der Waals surface area contributed by atoms with Gasteiger partial charge >= 0.3 is 0 Å². The Hall–Kier alpha value is -3.65. The average Bonchev–Trinajstić information content (AvgIpc) is 2.63. The van der Waals surface area contributed by atoms with E-state index in [1.807, 2.05) is 0 Å². The lowest BCUT2D eigenvalue weighted by atomic mass is 10.1. The SMILES string of the molecule is O=C(C=Cc1ccc(C(=O)NN=Cc2cccc(O)c2O)cc1)NO. The summed E-state index contributed by atoms with van der Waals surface area (Å²) in [6, 6.07) is 10.7. The van der Waals surface area contributed by atoms with Crippen molar-refractivity contribution >= 4 is 24.1 Å². The van der Waals surface area contributed by atoms with Crippen molar-refractivity contribution in [2.75, 3.05) is 0 Å². The molecule has 25 heavy (non-hydrogen) atoms. The van der Waals surface area contributed by atoms with E-state index >= 15 is 0 Å². The van der Waals surface area contributed by atoms with Crippen LogP contribution in [0.1, 0.15) is 21.5 Å². The molecule has 0 unspecified atom stereocenters. The fourth-order valence-electron chi connectivity index (χ4n) is 1.83. The summed E-state index contributed by atoms with van der Waals surface area (Å²) >= 11 is 0. The van der Waals surface area contributed by atoms with Crippen molar-refractivity contribution < 1.29 is 25.0 Å². The van der Waals surface area contributed by atoms with Crippen molar-refractivity contribution in [1.29, 1.82) is 0 Å². The quantitative estimate of drug-likeness (QED) is 0.184. The summed E-state index contributed by atoms with van der Waals surface area (Å²) in [4.78, 5) is 22.8. The molecule has 0 aromatic heterocycles. The number of para-hydroxylation sites is 1. The standard InChI is InChI=1S/C17H15N3O5/c21-14-3-1-2-13(16(14)23)10-18-19-17(24)12-7-4-11(5-8-12)6-9-15(22)20-25/h1-10,21,23,25H,(H,19,24)(H,20,22). The lowest BCUT2D eigenvalue weighted by Gasteiger charge is -2.02. The number of nitrogens with zero attached hydrogens (tertiary/aromatic N) is 1. The third-order valence-corrected chi connectivity index (χ3v) is 3.13. The lowest BCUT2D eigenvalue weighted by molar-refractivity contribution is -0.124. The van der Waals surface area contributed by atoms with Gasteiger partial charge in [0.05, 0.1) is 6.21 Å². The summed E-state index contributed by atoms with van der Waals surface area (Å²) in [6.07, 6.45) is 3.81. The minimum Gasteiger partial charge on any atom is -0.504 e. The highest BCUT2D eigenvalue weighted by Crippen LogP contribution is 2.26. The van der Waals surface area contributed by atoms with Crippen LogP contribution in [-0.4, -0.2) is 33.4 Å². The first kappa shape index (κ1) is 17.7. The van der Waals surface area contributed by atoms with E-state index in [2.05, 4.69) is 10.5 Å². The summed E-state index contributed by atoms with van der Waals surface area (Å²) in [5.74, 6) is -1.75. The molecule has 2 amide bonds. The van der Waals surface area contributed by atoms with Crippen molar-refractivity contribution in [3.63, 3.8) is 0 Å². The van der Waals surface area contributed by atoms with Crippen molar-refractivity contribution in [3.8, 4) is 11.5 Å². The van der Waals surface area contributed by atoms with Gasteiger partial charge in [0.15, 0.2) is 11.5 Å². The smallest absolute Gasteiger partial charge is 0.271 e. The summed E-state index contributed by atoms with van der Waals surface area (Å²) in [6.45, 7) is 0. The summed E-state index contributed by atoms with van der Waals surface area (Å²) in [5.41, 5.74) is 5.01. The molecule has 2 aromatic carbocycles. The van der Waals surface area contributed by atoms with Crippen LogP contribution in [0.4, 0.5) is 0 Å². The molecule has 2 rings (SSSR count). The normalized spacial score (nSPS) is 10.9. The highest BCUT2D eigenvalue weighted by molar-refractivity contribution is 5.95. The van der Waals surface area contributed by atoms with Gasteiger partial charge in [0.2, 0.25) is 0 Å². The third-order valence-electron chi connectivity index (χ3n) is 3.13. The Balaban J connectivity index is 1.99. The Kier molecular flexibility index (Phi) is 5.86. The molecule has 0 bridgehead atoms. The molecule has 0 saturated heterocycles. The second-order valence-corrected chi connectivity index (χ2v) is 4.85. The molecule has 0 heterocycles. The number of rotatable bonds is 5. The van der Waals surface area contributed by atoms with Crippen LogP contribution in [0.25, 0.3) is 6.08 Å². The number of hydrazone groups is 1. The Labute approximate surface area is 142 Å². The molecule has 0 fully saturated rings. The first-order chi connectivity index (χ1) is 12.0. The van der Waals surface area contributed by atoms with Crippen LogP contribution >= 0.6 is 0 Å². The van der Waals surface area contributed by atoms with E-state index in [0.717, 1.165) is 6.08 Å². The maximum absolute atomic E-state index is 12.0. The minimum atomic E-state index is -0.661. The molecular formula is C17H15N3O5. The summed E-state index contributed by atoms with van der Waals surface area (Å²) < 4.78 is 0. The topological polar surface area (TPSA) is 131 Å². The van der Waals surface area contributed by atoms with Crippen molar-refractivity contribution in [2.45, 2.75) is 0 Å². The zero-order valence-electron chi connectivity index (χ0n) is 12.9. The molecular weight excluding hydrogens is 326 g/mol. The molecule has 0 aliphatic heterocycles. The van der Waals surface area contributed by atoms with E-state index in [-0.39, 0.29) is 17.1 Å². The average molecular weight is 341 g/mol. The van der Waals surface area contributed by atoms with Crippen LogP contribution in [0, 0.1) is 0 Å². The van der Waals surface area contributed by atoms with E-state index in [1.165, 1.54) is 48.1 Å². The molecule has 0 radical (unpaired) electrons. The Morgan fingerprint density at radius 2 is 1.76 bits per heavy atom. The predicted molar refractivity (Wildman–Crippen MR) is 90.2 cm³/mol. The fraction of sp³-hybridized carbons (Fsp3) is 0. The Bertz CT molecular complexity index is 829. The van der Waals surface area contributed by atoms with E-state index in [4.69, 9.17) is 5.21 Å². The van der Waals surface area contributed by atoms with Crippen LogP contribution in [0.15, 0.2) is 53.6 Å². The second kappa shape index (κ2) is 8.27. The van der Waals surface area contributed by atoms with E-state index < -0.39 is 11.8 Å². The predicted octanol–water partition coefficient (Wildman–Crippen LogP) is 1.38.